The van der Waals surface area contributed by atoms with Crippen molar-refractivity contribution < 1.29 is 9.90 Å². The van der Waals surface area contributed by atoms with Crippen molar-refractivity contribution >= 4 is 5.78 Å². The van der Waals surface area contributed by atoms with Crippen molar-refractivity contribution in [1.29, 1.82) is 0 Å². The molecule has 3 nitrogen and oxygen atoms in total. The largest absolute Gasteiger partial charge is 0.382 e. The van der Waals surface area contributed by atoms with Crippen LogP contribution >= 0.6 is 0 Å². The highest BCUT2D eigenvalue weighted by molar-refractivity contribution is 5.88. The van der Waals surface area contributed by atoms with Crippen molar-refractivity contribution in [2.75, 3.05) is 0 Å². The Morgan fingerprint density at radius 1 is 1.47 bits per heavy atom. The second kappa shape index (κ2) is 5.03. The smallest absolute Gasteiger partial charge is 0.168 e. The molecule has 0 bridgehead atoms. The van der Waals surface area contributed by atoms with Crippen LogP contribution in [0.4, 0.5) is 0 Å². The molecule has 1 N–H and O–H groups in total. The first-order chi connectivity index (χ1) is 7.12. The minimum atomic E-state index is -1.17. The lowest BCUT2D eigenvalue weighted by molar-refractivity contribution is -0.137. The molecule has 15 heavy (non-hydrogen) atoms. The third-order valence-corrected chi connectivity index (χ3v) is 2.78. The van der Waals surface area contributed by atoms with E-state index in [1.54, 1.807) is 18.5 Å². The highest BCUT2D eigenvalue weighted by atomic mass is 16.3. The number of aliphatic hydroxyl groups is 1. The Hall–Kier alpha value is -1.22. The summed E-state index contributed by atoms with van der Waals surface area (Å²) in [5.74, 6) is -0.125. The molecule has 1 aromatic heterocycles. The third kappa shape index (κ3) is 2.86. The number of rotatable bonds is 5. The van der Waals surface area contributed by atoms with E-state index in [9.17, 15) is 9.90 Å². The van der Waals surface area contributed by atoms with Crippen molar-refractivity contribution in [3.8, 4) is 0 Å². The molecule has 0 aliphatic carbocycles. The molecular formula is C12H17NO2. The molecule has 0 radical (unpaired) electrons. The Morgan fingerprint density at radius 3 is 2.60 bits per heavy atom. The van der Waals surface area contributed by atoms with E-state index in [-0.39, 0.29) is 12.2 Å². The van der Waals surface area contributed by atoms with Gasteiger partial charge < -0.3 is 5.11 Å². The molecule has 0 atom stereocenters. The van der Waals surface area contributed by atoms with Gasteiger partial charge in [-0.3, -0.25) is 9.78 Å². The predicted octanol–water partition coefficient (Wildman–Crippen LogP) is 1.74. The molecular weight excluding hydrogens is 190 g/mol. The first-order valence-corrected chi connectivity index (χ1v) is 5.27. The fourth-order valence-corrected chi connectivity index (χ4v) is 1.50. The molecule has 1 heterocycles. The van der Waals surface area contributed by atoms with Crippen LogP contribution in [0.3, 0.4) is 0 Å². The summed E-state index contributed by atoms with van der Waals surface area (Å²) in [7, 11) is 0. The monoisotopic (exact) mass is 207 g/mol. The molecule has 0 saturated carbocycles. The number of carbonyl (C=O) groups is 1. The molecule has 1 aromatic rings. The summed E-state index contributed by atoms with van der Waals surface area (Å²) in [5, 5.41) is 9.99. The van der Waals surface area contributed by atoms with Crippen LogP contribution in [-0.4, -0.2) is 21.5 Å². The maximum absolute atomic E-state index is 11.8. The maximum Gasteiger partial charge on any atom is 0.168 e. The summed E-state index contributed by atoms with van der Waals surface area (Å²) < 4.78 is 0. The van der Waals surface area contributed by atoms with Gasteiger partial charge in [0, 0.05) is 18.8 Å². The highest BCUT2D eigenvalue weighted by Crippen LogP contribution is 2.18. The summed E-state index contributed by atoms with van der Waals surface area (Å²) in [6, 6.07) is 3.64. The van der Waals surface area contributed by atoms with Gasteiger partial charge in [-0.2, -0.15) is 0 Å². The number of pyridine rings is 1. The molecule has 0 aromatic carbocycles. The quantitative estimate of drug-likeness (QED) is 0.800. The zero-order chi connectivity index (χ0) is 11.3. The van der Waals surface area contributed by atoms with Gasteiger partial charge in [0.2, 0.25) is 0 Å². The Morgan fingerprint density at radius 2 is 2.13 bits per heavy atom. The minimum absolute atomic E-state index is 0.125. The average Bonchev–Trinajstić information content (AvgIpc) is 2.29. The van der Waals surface area contributed by atoms with Gasteiger partial charge in [-0.05, 0) is 24.5 Å². The number of aromatic nitrogens is 1. The van der Waals surface area contributed by atoms with Crippen molar-refractivity contribution in [2.24, 2.45) is 0 Å². The van der Waals surface area contributed by atoms with Crippen molar-refractivity contribution in [2.45, 2.75) is 38.7 Å². The Balaban J connectivity index is 2.71. The van der Waals surface area contributed by atoms with E-state index in [2.05, 4.69) is 4.98 Å². The first kappa shape index (κ1) is 11.9. The molecule has 0 aliphatic rings. The van der Waals surface area contributed by atoms with Crippen molar-refractivity contribution in [1.82, 2.24) is 4.98 Å². The number of ketones is 1. The number of nitrogens with zero attached hydrogens (tertiary/aromatic N) is 1. The molecule has 0 fully saturated rings. The lowest BCUT2D eigenvalue weighted by Crippen LogP contribution is -2.38. The van der Waals surface area contributed by atoms with Gasteiger partial charge in [-0.15, -0.1) is 0 Å². The van der Waals surface area contributed by atoms with E-state index in [4.69, 9.17) is 0 Å². The van der Waals surface area contributed by atoms with Crippen LogP contribution in [0.25, 0.3) is 0 Å². The lowest BCUT2D eigenvalue weighted by atomic mass is 9.89. The SMILES string of the molecule is CCC(O)(CC)C(=O)Cc1cccnc1. The lowest BCUT2D eigenvalue weighted by Gasteiger charge is -2.23. The molecule has 0 spiro atoms. The van der Waals surface area contributed by atoms with E-state index in [0.717, 1.165) is 5.56 Å². The van der Waals surface area contributed by atoms with Gasteiger partial charge in [0.25, 0.3) is 0 Å². The number of hydrogen-bond acceptors (Lipinski definition) is 3. The van der Waals surface area contributed by atoms with Gasteiger partial charge in [0.1, 0.15) is 5.60 Å². The molecule has 0 unspecified atom stereocenters. The van der Waals surface area contributed by atoms with Crippen molar-refractivity contribution in [3.63, 3.8) is 0 Å². The molecule has 1 rings (SSSR count). The van der Waals surface area contributed by atoms with Gasteiger partial charge in [0.05, 0.1) is 0 Å². The summed E-state index contributed by atoms with van der Waals surface area (Å²) in [5.41, 5.74) is -0.321. The summed E-state index contributed by atoms with van der Waals surface area (Å²) >= 11 is 0. The Labute approximate surface area is 90.2 Å². The second-order valence-corrected chi connectivity index (χ2v) is 3.70. The van der Waals surface area contributed by atoms with Gasteiger partial charge in [0.15, 0.2) is 5.78 Å². The normalized spacial score (nSPS) is 11.4. The van der Waals surface area contributed by atoms with E-state index in [0.29, 0.717) is 12.8 Å². The third-order valence-electron chi connectivity index (χ3n) is 2.78. The first-order valence-electron chi connectivity index (χ1n) is 5.27. The fraction of sp³-hybridized carbons (Fsp3) is 0.500. The Bertz CT molecular complexity index is 318. The second-order valence-electron chi connectivity index (χ2n) is 3.70. The summed E-state index contributed by atoms with van der Waals surface area (Å²) in [6.07, 6.45) is 4.50. The number of carbonyl (C=O) groups excluding carboxylic acids is 1. The Kier molecular flexibility index (Phi) is 3.97. The molecule has 82 valence electrons. The van der Waals surface area contributed by atoms with Gasteiger partial charge in [-0.25, -0.2) is 0 Å². The standard InChI is InChI=1S/C12H17NO2/c1-3-12(15,4-2)11(14)8-10-6-5-7-13-9-10/h5-7,9,15H,3-4,8H2,1-2H3. The van der Waals surface area contributed by atoms with Crippen molar-refractivity contribution in [3.05, 3.63) is 30.1 Å². The van der Waals surface area contributed by atoms with Crippen LogP contribution in [0.5, 0.6) is 0 Å². The summed E-state index contributed by atoms with van der Waals surface area (Å²) in [6.45, 7) is 3.65. The van der Waals surface area contributed by atoms with E-state index < -0.39 is 5.60 Å². The highest BCUT2D eigenvalue weighted by Gasteiger charge is 2.31. The van der Waals surface area contributed by atoms with Crippen LogP contribution in [0.2, 0.25) is 0 Å². The molecule has 0 amide bonds. The number of Topliss-reactive ketones (excluding diaryl/α,β-unsaturated/α-hetero) is 1. The van der Waals surface area contributed by atoms with Crippen LogP contribution in [0, 0.1) is 0 Å². The molecule has 3 heteroatoms. The van der Waals surface area contributed by atoms with E-state index in [1.807, 2.05) is 19.9 Å². The topological polar surface area (TPSA) is 50.2 Å². The van der Waals surface area contributed by atoms with Crippen LogP contribution < -0.4 is 0 Å². The molecule has 0 aliphatic heterocycles. The predicted molar refractivity (Wildman–Crippen MR) is 58.5 cm³/mol. The van der Waals surface area contributed by atoms with Gasteiger partial charge >= 0.3 is 0 Å². The van der Waals surface area contributed by atoms with Crippen LogP contribution in [0.1, 0.15) is 32.3 Å². The van der Waals surface area contributed by atoms with Crippen LogP contribution in [0.15, 0.2) is 24.5 Å². The summed E-state index contributed by atoms with van der Waals surface area (Å²) in [4.78, 5) is 15.8. The van der Waals surface area contributed by atoms with Crippen LogP contribution in [-0.2, 0) is 11.2 Å². The van der Waals surface area contributed by atoms with E-state index >= 15 is 0 Å². The maximum atomic E-state index is 11.8. The fourth-order valence-electron chi connectivity index (χ4n) is 1.50. The zero-order valence-corrected chi connectivity index (χ0v) is 9.23. The number of hydrogen-bond donors (Lipinski definition) is 1. The minimum Gasteiger partial charge on any atom is -0.382 e. The molecule has 0 saturated heterocycles. The van der Waals surface area contributed by atoms with Gasteiger partial charge in [-0.1, -0.05) is 19.9 Å². The van der Waals surface area contributed by atoms with E-state index in [1.165, 1.54) is 0 Å². The zero-order valence-electron chi connectivity index (χ0n) is 9.23. The average molecular weight is 207 g/mol.